The van der Waals surface area contributed by atoms with Crippen molar-refractivity contribution in [3.05, 3.63) is 48.0 Å². The average Bonchev–Trinajstić information content (AvgIpc) is 3.39. The van der Waals surface area contributed by atoms with E-state index in [0.717, 1.165) is 13.0 Å². The molecule has 4 rings (SSSR count). The second-order valence-corrected chi connectivity index (χ2v) is 6.69. The van der Waals surface area contributed by atoms with Crippen LogP contribution in [0.5, 0.6) is 0 Å². The quantitative estimate of drug-likeness (QED) is 0.704. The van der Waals surface area contributed by atoms with Crippen LogP contribution in [0.1, 0.15) is 28.9 Å². The van der Waals surface area contributed by atoms with E-state index in [0.29, 0.717) is 29.6 Å². The maximum atomic E-state index is 12.5. The molecular weight excluding hydrogens is 330 g/mol. The molecule has 0 unspecified atom stereocenters. The summed E-state index contributed by atoms with van der Waals surface area (Å²) in [6, 6.07) is 10.2. The summed E-state index contributed by atoms with van der Waals surface area (Å²) in [5.41, 5.74) is 2.22. The maximum Gasteiger partial charge on any atom is 0.274 e. The average molecular weight is 351 g/mol. The van der Waals surface area contributed by atoms with Gasteiger partial charge in [0.15, 0.2) is 12.1 Å². The first-order chi connectivity index (χ1) is 12.7. The Hall–Kier alpha value is -2.96. The lowest BCUT2D eigenvalue weighted by atomic mass is 10.1. The molecule has 1 aliphatic carbocycles. The number of oxazole rings is 1. The van der Waals surface area contributed by atoms with Crippen molar-refractivity contribution in [1.82, 2.24) is 20.3 Å². The SMILES string of the molecule is CN(CCc1ccccc1)c1nc(C(=O)NCC2CC2)c2ocnc2n1. The molecule has 1 aliphatic rings. The third kappa shape index (κ3) is 3.66. The van der Waals surface area contributed by atoms with Crippen LogP contribution in [0.3, 0.4) is 0 Å². The molecule has 0 saturated heterocycles. The van der Waals surface area contributed by atoms with E-state index in [9.17, 15) is 4.79 Å². The van der Waals surface area contributed by atoms with Crippen LogP contribution in [0.4, 0.5) is 5.95 Å². The van der Waals surface area contributed by atoms with Crippen molar-refractivity contribution >= 4 is 23.1 Å². The zero-order chi connectivity index (χ0) is 17.9. The number of nitrogens with zero attached hydrogens (tertiary/aromatic N) is 4. The molecule has 1 saturated carbocycles. The van der Waals surface area contributed by atoms with Crippen LogP contribution >= 0.6 is 0 Å². The van der Waals surface area contributed by atoms with Crippen LogP contribution in [0, 0.1) is 5.92 Å². The molecule has 0 aliphatic heterocycles. The van der Waals surface area contributed by atoms with Gasteiger partial charge in [-0.05, 0) is 30.7 Å². The molecule has 7 heteroatoms. The molecule has 2 heterocycles. The van der Waals surface area contributed by atoms with Gasteiger partial charge in [0, 0.05) is 20.1 Å². The molecule has 2 aromatic heterocycles. The number of likely N-dealkylation sites (N-methyl/N-ethyl adjacent to an activating group) is 1. The summed E-state index contributed by atoms with van der Waals surface area (Å²) in [4.78, 5) is 27.5. The number of carbonyl (C=O) groups excluding carboxylic acids is 1. The van der Waals surface area contributed by atoms with Gasteiger partial charge in [-0.15, -0.1) is 0 Å². The number of hydrogen-bond donors (Lipinski definition) is 1. The van der Waals surface area contributed by atoms with Crippen molar-refractivity contribution in [2.45, 2.75) is 19.3 Å². The number of aromatic nitrogens is 3. The summed E-state index contributed by atoms with van der Waals surface area (Å²) in [6.07, 6.45) is 4.51. The molecule has 134 valence electrons. The lowest BCUT2D eigenvalue weighted by molar-refractivity contribution is 0.0947. The number of fused-ring (bicyclic) bond motifs is 1. The lowest BCUT2D eigenvalue weighted by Gasteiger charge is -2.17. The molecule has 0 radical (unpaired) electrons. The van der Waals surface area contributed by atoms with Gasteiger partial charge in [0.25, 0.3) is 5.91 Å². The zero-order valence-electron chi connectivity index (χ0n) is 14.7. The molecule has 0 atom stereocenters. The Morgan fingerprint density at radius 2 is 2.08 bits per heavy atom. The molecule has 1 N–H and O–H groups in total. The van der Waals surface area contributed by atoms with Gasteiger partial charge >= 0.3 is 0 Å². The Balaban J connectivity index is 1.53. The first-order valence-corrected chi connectivity index (χ1v) is 8.85. The monoisotopic (exact) mass is 351 g/mol. The molecule has 0 spiro atoms. The topological polar surface area (TPSA) is 84.2 Å². The van der Waals surface area contributed by atoms with Crippen LogP contribution in [0.25, 0.3) is 11.2 Å². The predicted molar refractivity (Wildman–Crippen MR) is 98.1 cm³/mol. The molecule has 1 aromatic carbocycles. The van der Waals surface area contributed by atoms with Gasteiger partial charge in [0.05, 0.1) is 0 Å². The van der Waals surface area contributed by atoms with Gasteiger partial charge in [-0.1, -0.05) is 30.3 Å². The van der Waals surface area contributed by atoms with E-state index in [4.69, 9.17) is 4.42 Å². The second kappa shape index (κ2) is 7.11. The van der Waals surface area contributed by atoms with E-state index in [1.165, 1.54) is 24.8 Å². The highest BCUT2D eigenvalue weighted by Gasteiger charge is 2.24. The van der Waals surface area contributed by atoms with Crippen molar-refractivity contribution in [2.24, 2.45) is 5.92 Å². The van der Waals surface area contributed by atoms with E-state index in [2.05, 4.69) is 32.4 Å². The number of anilines is 1. The van der Waals surface area contributed by atoms with Crippen molar-refractivity contribution in [3.63, 3.8) is 0 Å². The number of rotatable bonds is 7. The van der Waals surface area contributed by atoms with Gasteiger partial charge in [-0.3, -0.25) is 4.79 Å². The van der Waals surface area contributed by atoms with Gasteiger partial charge in [-0.2, -0.15) is 9.97 Å². The highest BCUT2D eigenvalue weighted by Crippen LogP contribution is 2.27. The first kappa shape index (κ1) is 16.5. The number of benzene rings is 1. The standard InChI is InChI=1S/C19H21N5O2/c1-24(10-9-13-5-3-2-4-6-13)19-22-15(16-17(23-19)21-12-26-16)18(25)20-11-14-7-8-14/h2-6,12,14H,7-11H2,1H3,(H,20,25). The van der Waals surface area contributed by atoms with Crippen LogP contribution in [-0.2, 0) is 6.42 Å². The summed E-state index contributed by atoms with van der Waals surface area (Å²) in [7, 11) is 1.91. The largest absolute Gasteiger partial charge is 0.439 e. The van der Waals surface area contributed by atoms with Crippen LogP contribution in [-0.4, -0.2) is 41.0 Å². The fraction of sp³-hybridized carbons (Fsp3) is 0.368. The highest BCUT2D eigenvalue weighted by molar-refractivity contribution is 6.01. The fourth-order valence-electron chi connectivity index (χ4n) is 2.76. The van der Waals surface area contributed by atoms with Crippen molar-refractivity contribution < 1.29 is 9.21 Å². The van der Waals surface area contributed by atoms with E-state index in [-0.39, 0.29) is 11.6 Å². The smallest absolute Gasteiger partial charge is 0.274 e. The summed E-state index contributed by atoms with van der Waals surface area (Å²) in [6.45, 7) is 1.41. The van der Waals surface area contributed by atoms with Crippen molar-refractivity contribution in [1.29, 1.82) is 0 Å². The molecular formula is C19H21N5O2. The summed E-state index contributed by atoms with van der Waals surface area (Å²) in [5, 5.41) is 2.93. The summed E-state index contributed by atoms with van der Waals surface area (Å²) in [5.74, 6) is 0.830. The van der Waals surface area contributed by atoms with E-state index in [1.54, 1.807) is 0 Å². The summed E-state index contributed by atoms with van der Waals surface area (Å²) < 4.78 is 5.34. The van der Waals surface area contributed by atoms with Crippen LogP contribution in [0.15, 0.2) is 41.1 Å². The molecule has 3 aromatic rings. The minimum absolute atomic E-state index is 0.237. The molecule has 1 fully saturated rings. The first-order valence-electron chi connectivity index (χ1n) is 8.85. The number of hydrogen-bond acceptors (Lipinski definition) is 6. The Bertz CT molecular complexity index is 905. The van der Waals surface area contributed by atoms with E-state index in [1.807, 2.05) is 30.1 Å². The number of carbonyl (C=O) groups is 1. The van der Waals surface area contributed by atoms with Gasteiger partial charge < -0.3 is 14.6 Å². The normalized spacial score (nSPS) is 13.7. The molecule has 26 heavy (non-hydrogen) atoms. The van der Waals surface area contributed by atoms with Crippen molar-refractivity contribution in [3.8, 4) is 0 Å². The van der Waals surface area contributed by atoms with E-state index >= 15 is 0 Å². The highest BCUT2D eigenvalue weighted by atomic mass is 16.3. The fourth-order valence-corrected chi connectivity index (χ4v) is 2.76. The molecule has 1 amide bonds. The summed E-state index contributed by atoms with van der Waals surface area (Å²) >= 11 is 0. The van der Waals surface area contributed by atoms with E-state index < -0.39 is 0 Å². The Morgan fingerprint density at radius 1 is 1.27 bits per heavy atom. The minimum atomic E-state index is -0.237. The maximum absolute atomic E-state index is 12.5. The van der Waals surface area contributed by atoms with Crippen LogP contribution < -0.4 is 10.2 Å². The minimum Gasteiger partial charge on any atom is -0.439 e. The number of nitrogens with one attached hydrogen (secondary N) is 1. The molecule has 7 nitrogen and oxygen atoms in total. The zero-order valence-corrected chi connectivity index (χ0v) is 14.7. The Morgan fingerprint density at radius 3 is 2.85 bits per heavy atom. The van der Waals surface area contributed by atoms with Gasteiger partial charge in [-0.25, -0.2) is 4.98 Å². The number of amides is 1. The third-order valence-corrected chi connectivity index (χ3v) is 4.56. The van der Waals surface area contributed by atoms with Gasteiger partial charge in [0.1, 0.15) is 0 Å². The third-order valence-electron chi connectivity index (χ3n) is 4.56. The van der Waals surface area contributed by atoms with Crippen molar-refractivity contribution in [2.75, 3.05) is 25.0 Å². The Labute approximate surface area is 151 Å². The van der Waals surface area contributed by atoms with Crippen LogP contribution in [0.2, 0.25) is 0 Å². The lowest BCUT2D eigenvalue weighted by Crippen LogP contribution is -2.28. The Kier molecular flexibility index (Phi) is 4.51. The molecule has 0 bridgehead atoms. The predicted octanol–water partition coefficient (Wildman–Crippen LogP) is 2.44. The second-order valence-electron chi connectivity index (χ2n) is 6.69. The van der Waals surface area contributed by atoms with Gasteiger partial charge in [0.2, 0.25) is 17.2 Å².